The van der Waals surface area contributed by atoms with Crippen molar-refractivity contribution in [2.45, 2.75) is 18.2 Å². The van der Waals surface area contributed by atoms with Gasteiger partial charge in [-0.3, -0.25) is 9.52 Å². The Hall–Kier alpha value is -3.03. The van der Waals surface area contributed by atoms with E-state index in [4.69, 9.17) is 16.3 Å². The van der Waals surface area contributed by atoms with Crippen LogP contribution in [0.1, 0.15) is 22.8 Å². The number of sulfonamides is 1. The van der Waals surface area contributed by atoms with E-state index in [1.807, 2.05) is 19.1 Å². The van der Waals surface area contributed by atoms with Gasteiger partial charge in [-0.25, -0.2) is 8.42 Å². The minimum Gasteiger partial charge on any atom is -0.495 e. The largest absolute Gasteiger partial charge is 0.495 e. The third-order valence-corrected chi connectivity index (χ3v) is 6.09. The van der Waals surface area contributed by atoms with Crippen molar-refractivity contribution in [2.24, 2.45) is 0 Å². The molecule has 0 atom stereocenters. The van der Waals surface area contributed by atoms with Gasteiger partial charge in [-0.2, -0.15) is 0 Å². The second-order valence-electron chi connectivity index (χ2n) is 6.44. The summed E-state index contributed by atoms with van der Waals surface area (Å²) >= 11 is 5.86. The van der Waals surface area contributed by atoms with E-state index in [-0.39, 0.29) is 10.6 Å². The molecule has 3 rings (SSSR count). The average Bonchev–Trinajstić information content (AvgIpc) is 2.74. The molecular formula is C22H21ClN2O4S. The number of para-hydroxylation sites is 1. The van der Waals surface area contributed by atoms with Crippen LogP contribution in [0.2, 0.25) is 5.02 Å². The molecule has 0 saturated heterocycles. The fourth-order valence-electron chi connectivity index (χ4n) is 2.88. The normalized spacial score (nSPS) is 11.0. The lowest BCUT2D eigenvalue weighted by Gasteiger charge is -2.15. The topological polar surface area (TPSA) is 84.5 Å². The SMILES string of the molecule is CCc1ccccc1NS(=O)(=O)c1ccc(OC)c(NC(=O)c2ccc(Cl)cc2)c1. The van der Waals surface area contributed by atoms with Gasteiger partial charge in [0.2, 0.25) is 0 Å². The molecule has 156 valence electrons. The smallest absolute Gasteiger partial charge is 0.261 e. The molecule has 0 fully saturated rings. The molecule has 1 amide bonds. The predicted octanol–water partition coefficient (Wildman–Crippen LogP) is 4.96. The monoisotopic (exact) mass is 444 g/mol. The van der Waals surface area contributed by atoms with Crippen molar-refractivity contribution in [1.82, 2.24) is 0 Å². The number of anilines is 2. The predicted molar refractivity (Wildman–Crippen MR) is 119 cm³/mol. The fourth-order valence-corrected chi connectivity index (χ4v) is 4.13. The molecule has 30 heavy (non-hydrogen) atoms. The van der Waals surface area contributed by atoms with Gasteiger partial charge in [-0.1, -0.05) is 36.7 Å². The zero-order valence-electron chi connectivity index (χ0n) is 16.5. The van der Waals surface area contributed by atoms with Gasteiger partial charge in [-0.05, 0) is 60.5 Å². The van der Waals surface area contributed by atoms with Crippen LogP contribution < -0.4 is 14.8 Å². The molecule has 6 nitrogen and oxygen atoms in total. The van der Waals surface area contributed by atoms with Crippen molar-refractivity contribution >= 4 is 38.9 Å². The molecule has 2 N–H and O–H groups in total. The zero-order valence-corrected chi connectivity index (χ0v) is 18.0. The number of aryl methyl sites for hydroxylation is 1. The van der Waals surface area contributed by atoms with Crippen molar-refractivity contribution in [3.63, 3.8) is 0 Å². The minimum absolute atomic E-state index is 0.000567. The maximum absolute atomic E-state index is 12.9. The first-order valence-corrected chi connectivity index (χ1v) is 11.1. The number of nitrogens with one attached hydrogen (secondary N) is 2. The highest BCUT2D eigenvalue weighted by molar-refractivity contribution is 7.92. The summed E-state index contributed by atoms with van der Waals surface area (Å²) in [7, 11) is -2.43. The molecule has 0 spiro atoms. The molecule has 0 aliphatic heterocycles. The summed E-state index contributed by atoms with van der Waals surface area (Å²) in [4.78, 5) is 12.6. The third-order valence-electron chi connectivity index (χ3n) is 4.48. The van der Waals surface area contributed by atoms with E-state index in [0.29, 0.717) is 28.4 Å². The number of carbonyl (C=O) groups excluding carboxylic acids is 1. The lowest BCUT2D eigenvalue weighted by molar-refractivity contribution is 0.102. The van der Waals surface area contributed by atoms with Gasteiger partial charge in [0.25, 0.3) is 15.9 Å². The molecule has 0 aliphatic carbocycles. The number of ether oxygens (including phenoxy) is 1. The van der Waals surface area contributed by atoms with E-state index in [0.717, 1.165) is 5.56 Å². The Morgan fingerprint density at radius 3 is 2.37 bits per heavy atom. The highest BCUT2D eigenvalue weighted by atomic mass is 35.5. The highest BCUT2D eigenvalue weighted by Gasteiger charge is 2.19. The number of halogens is 1. The second kappa shape index (κ2) is 9.19. The minimum atomic E-state index is -3.87. The Bertz CT molecular complexity index is 1160. The lowest BCUT2D eigenvalue weighted by Crippen LogP contribution is -2.16. The van der Waals surface area contributed by atoms with Crippen molar-refractivity contribution in [2.75, 3.05) is 17.1 Å². The van der Waals surface area contributed by atoms with E-state index in [1.54, 1.807) is 36.4 Å². The summed E-state index contributed by atoms with van der Waals surface area (Å²) < 4.78 is 33.8. The van der Waals surface area contributed by atoms with Gasteiger partial charge in [0, 0.05) is 10.6 Å². The van der Waals surface area contributed by atoms with Gasteiger partial charge in [-0.15, -0.1) is 0 Å². The Labute approximate surface area is 180 Å². The van der Waals surface area contributed by atoms with Crippen LogP contribution in [0.5, 0.6) is 5.75 Å². The Kier molecular flexibility index (Phi) is 6.64. The van der Waals surface area contributed by atoms with Gasteiger partial charge >= 0.3 is 0 Å². The maximum Gasteiger partial charge on any atom is 0.261 e. The quantitative estimate of drug-likeness (QED) is 0.539. The van der Waals surface area contributed by atoms with Crippen LogP contribution in [-0.4, -0.2) is 21.4 Å². The number of benzene rings is 3. The van der Waals surface area contributed by atoms with E-state index in [1.165, 1.54) is 25.3 Å². The molecule has 3 aromatic rings. The summed E-state index contributed by atoms with van der Waals surface area (Å²) in [5.41, 5.74) is 2.02. The van der Waals surface area contributed by atoms with Crippen LogP contribution >= 0.6 is 11.6 Å². The first-order valence-electron chi connectivity index (χ1n) is 9.19. The first-order chi connectivity index (χ1) is 14.3. The molecule has 0 heterocycles. The van der Waals surface area contributed by atoms with Gasteiger partial charge in [0.1, 0.15) is 5.75 Å². The van der Waals surface area contributed by atoms with Crippen molar-refractivity contribution < 1.29 is 17.9 Å². The summed E-state index contributed by atoms with van der Waals surface area (Å²) in [5, 5.41) is 3.21. The van der Waals surface area contributed by atoms with Crippen molar-refractivity contribution in [3.05, 3.63) is 82.9 Å². The van der Waals surface area contributed by atoms with E-state index >= 15 is 0 Å². The van der Waals surface area contributed by atoms with Gasteiger partial charge in [0.15, 0.2) is 0 Å². The van der Waals surface area contributed by atoms with Crippen LogP contribution in [0.4, 0.5) is 11.4 Å². The van der Waals surface area contributed by atoms with Gasteiger partial charge < -0.3 is 10.1 Å². The Morgan fingerprint density at radius 1 is 1.00 bits per heavy atom. The molecular weight excluding hydrogens is 424 g/mol. The Morgan fingerprint density at radius 2 is 1.70 bits per heavy atom. The number of rotatable bonds is 7. The molecule has 0 saturated carbocycles. The summed E-state index contributed by atoms with van der Waals surface area (Å²) in [6.07, 6.45) is 0.684. The van der Waals surface area contributed by atoms with Crippen LogP contribution in [0.25, 0.3) is 0 Å². The van der Waals surface area contributed by atoms with Crippen LogP contribution in [-0.2, 0) is 16.4 Å². The van der Waals surface area contributed by atoms with Gasteiger partial charge in [0.05, 0.1) is 23.4 Å². The van der Waals surface area contributed by atoms with E-state index < -0.39 is 15.9 Å². The number of hydrogen-bond donors (Lipinski definition) is 2. The summed E-state index contributed by atoms with van der Waals surface area (Å²) in [6, 6.07) is 17.8. The number of carbonyl (C=O) groups is 1. The molecule has 0 unspecified atom stereocenters. The van der Waals surface area contributed by atoms with Crippen molar-refractivity contribution in [3.8, 4) is 5.75 Å². The molecule has 8 heteroatoms. The third kappa shape index (κ3) is 4.93. The van der Waals surface area contributed by atoms with E-state index in [9.17, 15) is 13.2 Å². The zero-order chi connectivity index (χ0) is 21.7. The summed E-state index contributed by atoms with van der Waals surface area (Å²) in [6.45, 7) is 1.95. The van der Waals surface area contributed by atoms with Crippen LogP contribution in [0.15, 0.2) is 71.6 Å². The summed E-state index contributed by atoms with van der Waals surface area (Å²) in [5.74, 6) is -0.0750. The average molecular weight is 445 g/mol. The Balaban J connectivity index is 1.91. The number of methoxy groups -OCH3 is 1. The fraction of sp³-hybridized carbons (Fsp3) is 0.136. The second-order valence-corrected chi connectivity index (χ2v) is 8.56. The standard InChI is InChI=1S/C22H21ClN2O4S/c1-3-15-6-4-5-7-19(15)25-30(27,28)18-12-13-21(29-2)20(14-18)24-22(26)16-8-10-17(23)11-9-16/h4-14,25H,3H2,1-2H3,(H,24,26). The van der Waals surface area contributed by atoms with Crippen LogP contribution in [0.3, 0.4) is 0 Å². The molecule has 0 bridgehead atoms. The molecule has 0 aliphatic rings. The van der Waals surface area contributed by atoms with E-state index in [2.05, 4.69) is 10.0 Å². The van der Waals surface area contributed by atoms with Crippen LogP contribution in [0, 0.1) is 0 Å². The highest BCUT2D eigenvalue weighted by Crippen LogP contribution is 2.29. The number of hydrogen-bond acceptors (Lipinski definition) is 4. The molecule has 0 aromatic heterocycles. The number of amides is 1. The lowest BCUT2D eigenvalue weighted by atomic mass is 10.1. The van der Waals surface area contributed by atoms with Crippen molar-refractivity contribution in [1.29, 1.82) is 0 Å². The molecule has 0 radical (unpaired) electrons. The maximum atomic E-state index is 12.9. The first kappa shape index (κ1) is 21.7. The molecule has 3 aromatic carbocycles.